The summed E-state index contributed by atoms with van der Waals surface area (Å²) in [7, 11) is 0. The Morgan fingerprint density at radius 2 is 1.82 bits per heavy atom. The molecule has 10 heteroatoms. The van der Waals surface area contributed by atoms with Gasteiger partial charge in [0.1, 0.15) is 0 Å². The molecule has 2 aromatic heterocycles. The average molecular weight is 450 g/mol. The van der Waals surface area contributed by atoms with Crippen molar-refractivity contribution in [3.63, 3.8) is 0 Å². The number of ether oxygens (including phenoxy) is 1. The molecular weight excluding hydrogens is 422 g/mol. The van der Waals surface area contributed by atoms with Crippen molar-refractivity contribution in [3.8, 4) is 11.5 Å². The summed E-state index contributed by atoms with van der Waals surface area (Å²) in [5, 5.41) is 14.2. The van der Waals surface area contributed by atoms with Gasteiger partial charge in [0.25, 0.3) is 0 Å². The highest BCUT2D eigenvalue weighted by atomic mass is 16.5. The molecule has 3 aromatic rings. The Hall–Kier alpha value is -3.34. The van der Waals surface area contributed by atoms with Gasteiger partial charge in [-0.15, -0.1) is 10.2 Å². The summed E-state index contributed by atoms with van der Waals surface area (Å²) < 4.78 is 11.1. The molecule has 4 heterocycles. The molecule has 0 aliphatic carbocycles. The molecule has 0 spiro atoms. The Kier molecular flexibility index (Phi) is 6.56. The summed E-state index contributed by atoms with van der Waals surface area (Å²) in [5.41, 5.74) is 3.53. The number of morpholine rings is 1. The highest BCUT2D eigenvalue weighted by molar-refractivity contribution is 6.02. The lowest BCUT2D eigenvalue weighted by Gasteiger charge is -2.30. The molecule has 2 aliphatic heterocycles. The van der Waals surface area contributed by atoms with Gasteiger partial charge < -0.3 is 24.7 Å². The van der Waals surface area contributed by atoms with Crippen LogP contribution in [0.25, 0.3) is 11.5 Å². The van der Waals surface area contributed by atoms with E-state index in [2.05, 4.69) is 35.6 Å². The number of nitrogens with one attached hydrogen (secondary N) is 2. The van der Waals surface area contributed by atoms with Crippen molar-refractivity contribution in [1.82, 2.24) is 25.4 Å². The predicted molar refractivity (Wildman–Crippen MR) is 123 cm³/mol. The minimum absolute atomic E-state index is 0.0856. The maximum Gasteiger partial charge on any atom is 0.313 e. The van der Waals surface area contributed by atoms with Crippen molar-refractivity contribution < 1.29 is 13.9 Å². The molecule has 1 amide bonds. The van der Waals surface area contributed by atoms with E-state index in [0.717, 1.165) is 70.3 Å². The molecule has 0 unspecified atom stereocenters. The van der Waals surface area contributed by atoms with Gasteiger partial charge in [0, 0.05) is 57.6 Å². The fourth-order valence-corrected chi connectivity index (χ4v) is 4.04. The first kappa shape index (κ1) is 21.5. The van der Waals surface area contributed by atoms with Gasteiger partial charge >= 0.3 is 11.8 Å². The van der Waals surface area contributed by atoms with Gasteiger partial charge in [-0.25, -0.2) is 0 Å². The third kappa shape index (κ3) is 5.19. The fourth-order valence-electron chi connectivity index (χ4n) is 4.04. The van der Waals surface area contributed by atoms with Crippen molar-refractivity contribution in [2.75, 3.05) is 62.7 Å². The number of hydrogen-bond donors (Lipinski definition) is 2. The Labute approximate surface area is 191 Å². The summed E-state index contributed by atoms with van der Waals surface area (Å²) in [6, 6.07) is 9.87. The second-order valence-corrected chi connectivity index (χ2v) is 8.08. The molecule has 2 aliphatic rings. The van der Waals surface area contributed by atoms with Crippen LogP contribution in [0.15, 0.2) is 47.1 Å². The molecule has 2 fully saturated rings. The molecule has 0 bridgehead atoms. The van der Waals surface area contributed by atoms with Crippen LogP contribution >= 0.6 is 0 Å². The molecule has 1 aromatic carbocycles. The Balaban J connectivity index is 1.25. The van der Waals surface area contributed by atoms with Gasteiger partial charge in [0.15, 0.2) is 0 Å². The quantitative estimate of drug-likeness (QED) is 0.580. The van der Waals surface area contributed by atoms with Crippen LogP contribution in [0, 0.1) is 0 Å². The third-order valence-electron chi connectivity index (χ3n) is 5.83. The minimum Gasteiger partial charge on any atom is -0.412 e. The maximum absolute atomic E-state index is 12.8. The van der Waals surface area contributed by atoms with E-state index < -0.39 is 5.91 Å². The molecular formula is C23H27N7O3. The number of piperazine rings is 1. The van der Waals surface area contributed by atoms with Crippen molar-refractivity contribution in [2.45, 2.75) is 6.54 Å². The van der Waals surface area contributed by atoms with Gasteiger partial charge in [-0.1, -0.05) is 12.1 Å². The van der Waals surface area contributed by atoms with Crippen LogP contribution in [-0.4, -0.2) is 78.5 Å². The topological polar surface area (TPSA) is 109 Å². The van der Waals surface area contributed by atoms with Crippen LogP contribution in [0.3, 0.4) is 0 Å². The van der Waals surface area contributed by atoms with Crippen molar-refractivity contribution in [1.29, 1.82) is 0 Å². The summed E-state index contributed by atoms with van der Waals surface area (Å²) in [4.78, 5) is 21.5. The van der Waals surface area contributed by atoms with E-state index >= 15 is 0 Å². The number of pyridine rings is 1. The van der Waals surface area contributed by atoms with Crippen molar-refractivity contribution >= 4 is 17.3 Å². The SMILES string of the molecule is O=C(Nc1cnccc1N1CCNCC1)c1nnc(-c2ccc(CN3CCOCC3)cc2)o1. The lowest BCUT2D eigenvalue weighted by molar-refractivity contribution is 0.0342. The van der Waals surface area contributed by atoms with Gasteiger partial charge in [-0.3, -0.25) is 14.7 Å². The first-order chi connectivity index (χ1) is 16.3. The van der Waals surface area contributed by atoms with Crippen LogP contribution in [0.5, 0.6) is 0 Å². The summed E-state index contributed by atoms with van der Waals surface area (Å²) in [5.74, 6) is -0.230. The van der Waals surface area contributed by atoms with E-state index in [4.69, 9.17) is 9.15 Å². The van der Waals surface area contributed by atoms with Crippen LogP contribution in [0.4, 0.5) is 11.4 Å². The largest absolute Gasteiger partial charge is 0.412 e. The zero-order chi connectivity index (χ0) is 22.5. The average Bonchev–Trinajstić information content (AvgIpc) is 3.37. The summed E-state index contributed by atoms with van der Waals surface area (Å²) in [6.07, 6.45) is 3.36. The van der Waals surface area contributed by atoms with Crippen LogP contribution in [-0.2, 0) is 11.3 Å². The van der Waals surface area contributed by atoms with E-state index in [1.807, 2.05) is 30.3 Å². The second-order valence-electron chi connectivity index (χ2n) is 8.08. The first-order valence-electron chi connectivity index (χ1n) is 11.2. The van der Waals surface area contributed by atoms with Crippen LogP contribution < -0.4 is 15.5 Å². The Morgan fingerprint density at radius 1 is 1.03 bits per heavy atom. The number of anilines is 2. The lowest BCUT2D eigenvalue weighted by Crippen LogP contribution is -2.43. The lowest BCUT2D eigenvalue weighted by atomic mass is 10.1. The molecule has 2 saturated heterocycles. The number of hydrogen-bond acceptors (Lipinski definition) is 9. The van der Waals surface area contributed by atoms with Crippen LogP contribution in [0.1, 0.15) is 16.2 Å². The molecule has 33 heavy (non-hydrogen) atoms. The molecule has 0 atom stereocenters. The Morgan fingerprint density at radius 3 is 2.61 bits per heavy atom. The molecule has 0 radical (unpaired) electrons. The van der Waals surface area contributed by atoms with E-state index in [0.29, 0.717) is 11.6 Å². The molecule has 172 valence electrons. The molecule has 2 N–H and O–H groups in total. The van der Waals surface area contributed by atoms with E-state index in [1.165, 1.54) is 5.56 Å². The molecule has 10 nitrogen and oxygen atoms in total. The zero-order valence-electron chi connectivity index (χ0n) is 18.4. The minimum atomic E-state index is -0.456. The standard InChI is InChI=1S/C23H27N7O3/c31-21(26-19-15-25-6-5-20(19)30-9-7-24-8-10-30)23-28-27-22(33-23)18-3-1-17(2-4-18)16-29-11-13-32-14-12-29/h1-6,15,24H,7-14,16H2,(H,26,31). The number of amides is 1. The predicted octanol–water partition coefficient (Wildman–Crippen LogP) is 1.63. The smallest absolute Gasteiger partial charge is 0.313 e. The summed E-state index contributed by atoms with van der Waals surface area (Å²) >= 11 is 0. The van der Waals surface area contributed by atoms with Crippen molar-refractivity contribution in [3.05, 3.63) is 54.2 Å². The molecule has 0 saturated carbocycles. The van der Waals surface area contributed by atoms with E-state index in [1.54, 1.807) is 12.4 Å². The van der Waals surface area contributed by atoms with Gasteiger partial charge in [-0.2, -0.15) is 0 Å². The second kappa shape index (κ2) is 10.1. The normalized spacial score (nSPS) is 17.2. The molecule has 5 rings (SSSR count). The first-order valence-corrected chi connectivity index (χ1v) is 11.2. The number of aromatic nitrogens is 3. The fraction of sp³-hybridized carbons (Fsp3) is 0.391. The Bertz CT molecular complexity index is 1070. The number of benzene rings is 1. The number of rotatable bonds is 6. The van der Waals surface area contributed by atoms with E-state index in [-0.39, 0.29) is 5.89 Å². The van der Waals surface area contributed by atoms with Gasteiger partial charge in [0.2, 0.25) is 5.89 Å². The van der Waals surface area contributed by atoms with Crippen molar-refractivity contribution in [2.24, 2.45) is 0 Å². The van der Waals surface area contributed by atoms with Gasteiger partial charge in [0.05, 0.1) is 30.8 Å². The van der Waals surface area contributed by atoms with Gasteiger partial charge in [-0.05, 0) is 23.8 Å². The monoisotopic (exact) mass is 449 g/mol. The number of carbonyl (C=O) groups excluding carboxylic acids is 1. The highest BCUT2D eigenvalue weighted by Crippen LogP contribution is 2.26. The number of nitrogens with zero attached hydrogens (tertiary/aromatic N) is 5. The zero-order valence-corrected chi connectivity index (χ0v) is 18.4. The highest BCUT2D eigenvalue weighted by Gasteiger charge is 2.20. The van der Waals surface area contributed by atoms with E-state index in [9.17, 15) is 4.79 Å². The number of carbonyl (C=O) groups is 1. The van der Waals surface area contributed by atoms with Crippen LogP contribution in [0.2, 0.25) is 0 Å². The summed E-state index contributed by atoms with van der Waals surface area (Å²) in [6.45, 7) is 7.83. The maximum atomic E-state index is 12.8. The third-order valence-corrected chi connectivity index (χ3v) is 5.83.